The number of piperidine rings is 1. The number of rotatable bonds is 2. The topological polar surface area (TPSA) is 45.2 Å². The van der Waals surface area contributed by atoms with Gasteiger partial charge in [0.05, 0.1) is 5.54 Å². The molecule has 1 unspecified atom stereocenters. The number of likely N-dealkylation sites (tertiary alicyclic amines) is 1. The number of nitrogens with zero attached hydrogens (tertiary/aromatic N) is 2. The van der Waals surface area contributed by atoms with Crippen molar-refractivity contribution in [2.75, 3.05) is 13.1 Å². The average molecular weight is 245 g/mol. The number of carbonyl (C=O) groups excluding carboxylic acids is 1. The molecule has 2 fully saturated rings. The minimum Gasteiger partial charge on any atom is -0.331 e. The van der Waals surface area contributed by atoms with Crippen LogP contribution < -0.4 is 5.32 Å². The van der Waals surface area contributed by atoms with Crippen LogP contribution in [-0.4, -0.2) is 34.4 Å². The first-order valence-electron chi connectivity index (χ1n) is 6.70. The smallest absolute Gasteiger partial charge is 0.223 e. The molecule has 1 aromatic heterocycles. The first-order chi connectivity index (χ1) is 8.80. The summed E-state index contributed by atoms with van der Waals surface area (Å²) in [7, 11) is 0. The van der Waals surface area contributed by atoms with Gasteiger partial charge < -0.3 is 10.2 Å². The Kier molecular flexibility index (Phi) is 3.04. The predicted molar refractivity (Wildman–Crippen MR) is 68.9 cm³/mol. The summed E-state index contributed by atoms with van der Waals surface area (Å²) in [6.07, 6.45) is 7.59. The molecule has 2 saturated heterocycles. The normalized spacial score (nSPS) is 28.0. The SMILES string of the molecule is O=C1CCC2(CCCNC2)N1Cc1ccncc1. The Hall–Kier alpha value is -1.42. The first-order valence-corrected chi connectivity index (χ1v) is 6.70. The summed E-state index contributed by atoms with van der Waals surface area (Å²) in [5.41, 5.74) is 1.24. The van der Waals surface area contributed by atoms with E-state index < -0.39 is 0 Å². The number of pyridine rings is 1. The van der Waals surface area contributed by atoms with E-state index in [1.54, 1.807) is 12.4 Å². The summed E-state index contributed by atoms with van der Waals surface area (Å²) in [4.78, 5) is 18.3. The standard InChI is InChI=1S/C14H19N3O/c18-13-2-6-14(5-1-7-16-11-14)17(13)10-12-3-8-15-9-4-12/h3-4,8-9,16H,1-2,5-7,10-11H2. The van der Waals surface area contributed by atoms with E-state index in [2.05, 4.69) is 15.2 Å². The third-order valence-electron chi connectivity index (χ3n) is 4.22. The van der Waals surface area contributed by atoms with Gasteiger partial charge in [-0.1, -0.05) is 0 Å². The van der Waals surface area contributed by atoms with E-state index in [4.69, 9.17) is 0 Å². The van der Waals surface area contributed by atoms with Crippen molar-refractivity contribution in [2.45, 2.75) is 37.8 Å². The van der Waals surface area contributed by atoms with Gasteiger partial charge in [-0.05, 0) is 43.5 Å². The number of hydrogen-bond donors (Lipinski definition) is 1. The summed E-state index contributed by atoms with van der Waals surface area (Å²) < 4.78 is 0. The van der Waals surface area contributed by atoms with Crippen molar-refractivity contribution >= 4 is 5.91 Å². The lowest BCUT2D eigenvalue weighted by Crippen LogP contribution is -2.54. The number of hydrogen-bond acceptors (Lipinski definition) is 3. The Bertz CT molecular complexity index is 426. The van der Waals surface area contributed by atoms with Crippen molar-refractivity contribution in [3.05, 3.63) is 30.1 Å². The van der Waals surface area contributed by atoms with E-state index >= 15 is 0 Å². The molecule has 3 heterocycles. The Morgan fingerprint density at radius 3 is 2.89 bits per heavy atom. The van der Waals surface area contributed by atoms with Crippen LogP contribution in [0, 0.1) is 0 Å². The van der Waals surface area contributed by atoms with Crippen molar-refractivity contribution in [3.8, 4) is 0 Å². The summed E-state index contributed by atoms with van der Waals surface area (Å²) in [6.45, 7) is 2.76. The van der Waals surface area contributed by atoms with Gasteiger partial charge in [0.15, 0.2) is 0 Å². The van der Waals surface area contributed by atoms with Gasteiger partial charge >= 0.3 is 0 Å². The molecule has 1 amide bonds. The largest absolute Gasteiger partial charge is 0.331 e. The molecule has 96 valence electrons. The lowest BCUT2D eigenvalue weighted by Gasteiger charge is -2.42. The quantitative estimate of drug-likeness (QED) is 0.855. The third kappa shape index (κ3) is 2.01. The van der Waals surface area contributed by atoms with Crippen molar-refractivity contribution < 1.29 is 4.79 Å². The van der Waals surface area contributed by atoms with Crippen LogP contribution in [0.5, 0.6) is 0 Å². The van der Waals surface area contributed by atoms with Crippen LogP contribution in [0.2, 0.25) is 0 Å². The molecule has 2 aliphatic rings. The number of aromatic nitrogens is 1. The monoisotopic (exact) mass is 245 g/mol. The van der Waals surface area contributed by atoms with E-state index in [1.165, 1.54) is 12.0 Å². The molecule has 18 heavy (non-hydrogen) atoms. The molecule has 1 spiro atoms. The molecule has 1 atom stereocenters. The first kappa shape index (κ1) is 11.7. The minimum atomic E-state index is 0.0681. The lowest BCUT2D eigenvalue weighted by molar-refractivity contribution is -0.132. The second-order valence-corrected chi connectivity index (χ2v) is 5.34. The zero-order chi connectivity index (χ0) is 12.4. The second-order valence-electron chi connectivity index (χ2n) is 5.34. The highest BCUT2D eigenvalue weighted by Gasteiger charge is 2.45. The Morgan fingerprint density at radius 2 is 2.17 bits per heavy atom. The fraction of sp³-hybridized carbons (Fsp3) is 0.571. The molecule has 0 bridgehead atoms. The Labute approximate surface area is 107 Å². The number of nitrogens with one attached hydrogen (secondary N) is 1. The number of amides is 1. The molecular weight excluding hydrogens is 226 g/mol. The molecule has 0 aromatic carbocycles. The van der Waals surface area contributed by atoms with Crippen molar-refractivity contribution in [1.29, 1.82) is 0 Å². The van der Waals surface area contributed by atoms with Gasteiger partial charge in [-0.25, -0.2) is 0 Å². The minimum absolute atomic E-state index is 0.0681. The van der Waals surface area contributed by atoms with Crippen LogP contribution >= 0.6 is 0 Å². The summed E-state index contributed by atoms with van der Waals surface area (Å²) in [5, 5.41) is 3.45. The van der Waals surface area contributed by atoms with E-state index in [9.17, 15) is 4.79 Å². The van der Waals surface area contributed by atoms with Gasteiger partial charge in [0.25, 0.3) is 0 Å². The van der Waals surface area contributed by atoms with Gasteiger partial charge in [-0.3, -0.25) is 9.78 Å². The molecule has 1 N–H and O–H groups in total. The van der Waals surface area contributed by atoms with Gasteiger partial charge in [-0.15, -0.1) is 0 Å². The van der Waals surface area contributed by atoms with E-state index in [0.29, 0.717) is 12.3 Å². The maximum absolute atomic E-state index is 12.1. The molecule has 4 heteroatoms. The lowest BCUT2D eigenvalue weighted by atomic mass is 9.87. The molecule has 3 rings (SSSR count). The van der Waals surface area contributed by atoms with Gasteiger partial charge in [0, 0.05) is 31.9 Å². The van der Waals surface area contributed by atoms with E-state index in [-0.39, 0.29) is 5.54 Å². The molecule has 0 saturated carbocycles. The molecule has 0 aliphatic carbocycles. The van der Waals surface area contributed by atoms with Crippen LogP contribution in [-0.2, 0) is 11.3 Å². The molecule has 4 nitrogen and oxygen atoms in total. The Balaban J connectivity index is 1.81. The van der Waals surface area contributed by atoms with Gasteiger partial charge in [-0.2, -0.15) is 0 Å². The van der Waals surface area contributed by atoms with Crippen LogP contribution in [0.25, 0.3) is 0 Å². The predicted octanol–water partition coefficient (Wildman–Crippen LogP) is 1.33. The zero-order valence-corrected chi connectivity index (χ0v) is 10.6. The highest BCUT2D eigenvalue weighted by molar-refractivity contribution is 5.79. The van der Waals surface area contributed by atoms with Crippen molar-refractivity contribution in [2.24, 2.45) is 0 Å². The third-order valence-corrected chi connectivity index (χ3v) is 4.22. The fourth-order valence-electron chi connectivity index (χ4n) is 3.20. The molecule has 2 aliphatic heterocycles. The number of carbonyl (C=O) groups is 1. The molecule has 0 radical (unpaired) electrons. The second kappa shape index (κ2) is 4.69. The van der Waals surface area contributed by atoms with E-state index in [1.807, 2.05) is 12.1 Å². The summed E-state index contributed by atoms with van der Waals surface area (Å²) in [5.74, 6) is 0.301. The van der Waals surface area contributed by atoms with E-state index in [0.717, 1.165) is 32.5 Å². The van der Waals surface area contributed by atoms with Gasteiger partial charge in [0.2, 0.25) is 5.91 Å². The van der Waals surface area contributed by atoms with Crippen LogP contribution in [0.4, 0.5) is 0 Å². The average Bonchev–Trinajstić information content (AvgIpc) is 2.71. The van der Waals surface area contributed by atoms with Crippen LogP contribution in [0.1, 0.15) is 31.2 Å². The molecular formula is C14H19N3O. The molecule has 1 aromatic rings. The maximum Gasteiger partial charge on any atom is 0.223 e. The highest BCUT2D eigenvalue weighted by Crippen LogP contribution is 2.36. The van der Waals surface area contributed by atoms with Crippen molar-refractivity contribution in [3.63, 3.8) is 0 Å². The van der Waals surface area contributed by atoms with Crippen LogP contribution in [0.3, 0.4) is 0 Å². The van der Waals surface area contributed by atoms with Crippen molar-refractivity contribution in [1.82, 2.24) is 15.2 Å². The highest BCUT2D eigenvalue weighted by atomic mass is 16.2. The fourth-order valence-corrected chi connectivity index (χ4v) is 3.20. The van der Waals surface area contributed by atoms with Gasteiger partial charge in [0.1, 0.15) is 0 Å². The Morgan fingerprint density at radius 1 is 1.33 bits per heavy atom. The maximum atomic E-state index is 12.1. The summed E-state index contributed by atoms with van der Waals surface area (Å²) >= 11 is 0. The van der Waals surface area contributed by atoms with Crippen LogP contribution in [0.15, 0.2) is 24.5 Å². The summed E-state index contributed by atoms with van der Waals surface area (Å²) in [6, 6.07) is 3.99. The zero-order valence-electron chi connectivity index (χ0n) is 10.6.